The van der Waals surface area contributed by atoms with Crippen LogP contribution in [0.5, 0.6) is 0 Å². The van der Waals surface area contributed by atoms with Gasteiger partial charge in [0.05, 0.1) is 5.69 Å². The van der Waals surface area contributed by atoms with Crippen LogP contribution >= 0.6 is 31.9 Å². The van der Waals surface area contributed by atoms with Gasteiger partial charge in [0.15, 0.2) is 5.82 Å². The quantitative estimate of drug-likeness (QED) is 0.819. The molecule has 2 aromatic rings. The number of nitrogen functional groups attached to an aromatic ring is 1. The molecule has 94 valence electrons. The van der Waals surface area contributed by atoms with Gasteiger partial charge >= 0.3 is 0 Å². The Morgan fingerprint density at radius 2 is 2.00 bits per heavy atom. The van der Waals surface area contributed by atoms with E-state index in [9.17, 15) is 0 Å². The predicted molar refractivity (Wildman–Crippen MR) is 78.3 cm³/mol. The number of halogens is 2. The summed E-state index contributed by atoms with van der Waals surface area (Å²) in [6.07, 6.45) is 2.39. The van der Waals surface area contributed by atoms with E-state index in [1.165, 1.54) is 12.8 Å². The van der Waals surface area contributed by atoms with Crippen molar-refractivity contribution in [3.05, 3.63) is 26.9 Å². The Morgan fingerprint density at radius 1 is 1.28 bits per heavy atom. The van der Waals surface area contributed by atoms with Gasteiger partial charge in [0.2, 0.25) is 0 Å². The van der Waals surface area contributed by atoms with Crippen molar-refractivity contribution in [2.45, 2.75) is 25.8 Å². The number of aryl methyl sites for hydroxylation is 1. The van der Waals surface area contributed by atoms with Crippen LogP contribution in [0.2, 0.25) is 0 Å². The van der Waals surface area contributed by atoms with Crippen molar-refractivity contribution < 1.29 is 0 Å². The number of benzene rings is 1. The minimum Gasteiger partial charge on any atom is -0.397 e. The first-order valence-electron chi connectivity index (χ1n) is 5.74. The molecule has 1 fully saturated rings. The summed E-state index contributed by atoms with van der Waals surface area (Å²) in [7, 11) is 0. The highest BCUT2D eigenvalue weighted by Crippen LogP contribution is 2.41. The van der Waals surface area contributed by atoms with Gasteiger partial charge in [-0.15, -0.1) is 10.2 Å². The number of rotatable bonds is 2. The van der Waals surface area contributed by atoms with Gasteiger partial charge in [0.25, 0.3) is 0 Å². The smallest absolute Gasteiger partial charge is 0.166 e. The zero-order chi connectivity index (χ0) is 12.9. The van der Waals surface area contributed by atoms with Gasteiger partial charge in [-0.1, -0.05) is 15.9 Å². The van der Waals surface area contributed by atoms with Crippen LogP contribution in [0.25, 0.3) is 11.4 Å². The summed E-state index contributed by atoms with van der Waals surface area (Å²) in [5, 5.41) is 8.46. The third-order valence-corrected chi connectivity index (χ3v) is 4.23. The van der Waals surface area contributed by atoms with E-state index in [-0.39, 0.29) is 0 Å². The first kappa shape index (κ1) is 12.2. The third-order valence-electron chi connectivity index (χ3n) is 3.11. The highest BCUT2D eigenvalue weighted by atomic mass is 79.9. The molecule has 1 aromatic carbocycles. The van der Waals surface area contributed by atoms with E-state index in [1.54, 1.807) is 0 Å². The Morgan fingerprint density at radius 3 is 2.67 bits per heavy atom. The fourth-order valence-corrected chi connectivity index (χ4v) is 3.32. The summed E-state index contributed by atoms with van der Waals surface area (Å²) in [4.78, 5) is 0. The van der Waals surface area contributed by atoms with Gasteiger partial charge < -0.3 is 10.3 Å². The number of hydrogen-bond acceptors (Lipinski definition) is 3. The Hall–Kier alpha value is -0.880. The van der Waals surface area contributed by atoms with Crippen LogP contribution < -0.4 is 5.73 Å². The molecular formula is C12H12Br2N4. The lowest BCUT2D eigenvalue weighted by atomic mass is 10.1. The normalized spacial score (nSPS) is 15.1. The van der Waals surface area contributed by atoms with Gasteiger partial charge in [-0.2, -0.15) is 0 Å². The molecule has 0 saturated heterocycles. The zero-order valence-corrected chi connectivity index (χ0v) is 13.0. The Bertz CT molecular complexity index is 617. The molecule has 0 radical (unpaired) electrons. The molecule has 1 aliphatic rings. The molecule has 0 aliphatic heterocycles. The molecular weight excluding hydrogens is 360 g/mol. The number of aromatic nitrogens is 3. The second kappa shape index (κ2) is 4.35. The van der Waals surface area contributed by atoms with Crippen LogP contribution in [0.4, 0.5) is 5.69 Å². The maximum absolute atomic E-state index is 6.13. The van der Waals surface area contributed by atoms with E-state index < -0.39 is 0 Å². The highest BCUT2D eigenvalue weighted by molar-refractivity contribution is 9.11. The maximum atomic E-state index is 6.13. The molecule has 3 rings (SSSR count). The van der Waals surface area contributed by atoms with Crippen LogP contribution in [0.3, 0.4) is 0 Å². The van der Waals surface area contributed by atoms with E-state index in [0.717, 1.165) is 26.2 Å². The van der Waals surface area contributed by atoms with Crippen molar-refractivity contribution in [1.82, 2.24) is 14.8 Å². The van der Waals surface area contributed by atoms with Crippen LogP contribution in [0, 0.1) is 6.92 Å². The topological polar surface area (TPSA) is 56.7 Å². The minimum absolute atomic E-state index is 0.534. The molecule has 0 atom stereocenters. The number of hydrogen-bond donors (Lipinski definition) is 1. The predicted octanol–water partition coefficient (Wildman–Crippen LogP) is 3.70. The molecule has 6 heteroatoms. The first-order valence-corrected chi connectivity index (χ1v) is 7.33. The van der Waals surface area contributed by atoms with Gasteiger partial charge in [0.1, 0.15) is 5.82 Å². The molecule has 2 N–H and O–H groups in total. The molecule has 0 bridgehead atoms. The average Bonchev–Trinajstić information content (AvgIpc) is 3.08. The van der Waals surface area contributed by atoms with Crippen molar-refractivity contribution in [1.29, 1.82) is 0 Å². The summed E-state index contributed by atoms with van der Waals surface area (Å²) in [5.74, 6) is 1.80. The van der Waals surface area contributed by atoms with Crippen molar-refractivity contribution in [2.24, 2.45) is 0 Å². The summed E-state index contributed by atoms with van der Waals surface area (Å²) < 4.78 is 4.03. The monoisotopic (exact) mass is 370 g/mol. The van der Waals surface area contributed by atoms with Crippen molar-refractivity contribution in [3.63, 3.8) is 0 Å². The summed E-state index contributed by atoms with van der Waals surface area (Å²) in [5.41, 5.74) is 7.75. The summed E-state index contributed by atoms with van der Waals surface area (Å²) in [6, 6.07) is 4.46. The van der Waals surface area contributed by atoms with Crippen LogP contribution in [0.15, 0.2) is 21.1 Å². The SMILES string of the molecule is Cc1nnc(-c2cc(Br)cc(Br)c2N)n1C1CC1. The van der Waals surface area contributed by atoms with Crippen LogP contribution in [-0.2, 0) is 0 Å². The standard InChI is InChI=1S/C12H12Br2N4/c1-6-16-17-12(18(6)8-2-3-8)9-4-7(13)5-10(14)11(9)15/h4-5,8H,2-3,15H2,1H3. The van der Waals surface area contributed by atoms with E-state index in [0.29, 0.717) is 11.7 Å². The molecule has 18 heavy (non-hydrogen) atoms. The molecule has 4 nitrogen and oxygen atoms in total. The van der Waals surface area contributed by atoms with E-state index in [1.807, 2.05) is 19.1 Å². The second-order valence-corrected chi connectivity index (χ2v) is 6.29. The molecule has 1 aromatic heterocycles. The van der Waals surface area contributed by atoms with E-state index in [4.69, 9.17) is 5.73 Å². The average molecular weight is 372 g/mol. The highest BCUT2D eigenvalue weighted by Gasteiger charge is 2.29. The molecule has 1 saturated carbocycles. The zero-order valence-electron chi connectivity index (χ0n) is 9.82. The lowest BCUT2D eigenvalue weighted by Crippen LogP contribution is -2.02. The van der Waals surface area contributed by atoms with Crippen molar-refractivity contribution in [3.8, 4) is 11.4 Å². The second-order valence-electron chi connectivity index (χ2n) is 4.52. The fourth-order valence-electron chi connectivity index (χ4n) is 2.09. The van der Waals surface area contributed by atoms with Crippen LogP contribution in [0.1, 0.15) is 24.7 Å². The van der Waals surface area contributed by atoms with Gasteiger partial charge in [-0.25, -0.2) is 0 Å². The Balaban J connectivity index is 2.21. The third kappa shape index (κ3) is 1.97. The Labute approximate surface area is 122 Å². The number of nitrogens with two attached hydrogens (primary N) is 1. The number of nitrogens with zero attached hydrogens (tertiary/aromatic N) is 3. The molecule has 0 amide bonds. The lowest BCUT2D eigenvalue weighted by Gasteiger charge is -2.10. The Kier molecular flexibility index (Phi) is 2.94. The largest absolute Gasteiger partial charge is 0.397 e. The fraction of sp³-hybridized carbons (Fsp3) is 0.333. The first-order chi connectivity index (χ1) is 8.58. The van der Waals surface area contributed by atoms with E-state index in [2.05, 4.69) is 46.6 Å². The van der Waals surface area contributed by atoms with E-state index >= 15 is 0 Å². The van der Waals surface area contributed by atoms with Gasteiger partial charge in [0, 0.05) is 20.6 Å². The molecule has 1 aliphatic carbocycles. The summed E-state index contributed by atoms with van der Waals surface area (Å²) >= 11 is 6.95. The summed E-state index contributed by atoms with van der Waals surface area (Å²) in [6.45, 7) is 1.98. The lowest BCUT2D eigenvalue weighted by molar-refractivity contribution is 0.717. The number of anilines is 1. The molecule has 1 heterocycles. The van der Waals surface area contributed by atoms with Crippen molar-refractivity contribution in [2.75, 3.05) is 5.73 Å². The van der Waals surface area contributed by atoms with Gasteiger partial charge in [-0.05, 0) is 47.8 Å². The maximum Gasteiger partial charge on any atom is 0.166 e. The molecule has 0 unspecified atom stereocenters. The minimum atomic E-state index is 0.534. The molecule has 0 spiro atoms. The van der Waals surface area contributed by atoms with Gasteiger partial charge in [-0.3, -0.25) is 0 Å². The van der Waals surface area contributed by atoms with Crippen molar-refractivity contribution >= 4 is 37.5 Å². The van der Waals surface area contributed by atoms with Crippen LogP contribution in [-0.4, -0.2) is 14.8 Å².